The molecule has 0 aliphatic carbocycles. The highest BCUT2D eigenvalue weighted by Gasteiger charge is 2.31. The Kier molecular flexibility index (Phi) is 6.53. The molecule has 1 amide bonds. The number of benzene rings is 1. The first-order valence-electron chi connectivity index (χ1n) is 7.60. The highest BCUT2D eigenvalue weighted by atomic mass is 19.1. The minimum atomic E-state index is -0.929. The van der Waals surface area contributed by atoms with Crippen LogP contribution < -0.4 is 5.32 Å². The van der Waals surface area contributed by atoms with Crippen molar-refractivity contribution in [1.29, 1.82) is 0 Å². The van der Waals surface area contributed by atoms with Crippen molar-refractivity contribution in [2.24, 2.45) is 0 Å². The summed E-state index contributed by atoms with van der Waals surface area (Å²) in [7, 11) is 0. The zero-order valence-corrected chi connectivity index (χ0v) is 13.4. The van der Waals surface area contributed by atoms with Crippen LogP contribution in [-0.4, -0.2) is 22.5 Å². The summed E-state index contributed by atoms with van der Waals surface area (Å²) in [6, 6.07) is 6.18. The van der Waals surface area contributed by atoms with E-state index >= 15 is 0 Å². The van der Waals surface area contributed by atoms with Crippen molar-refractivity contribution >= 4 is 11.9 Å². The Morgan fingerprint density at radius 2 is 1.95 bits per heavy atom. The summed E-state index contributed by atoms with van der Waals surface area (Å²) in [4.78, 5) is 23.2. The van der Waals surface area contributed by atoms with Crippen LogP contribution in [0, 0.1) is 5.82 Å². The molecular weight excluding hydrogens is 285 g/mol. The van der Waals surface area contributed by atoms with E-state index in [1.165, 1.54) is 12.1 Å². The van der Waals surface area contributed by atoms with Gasteiger partial charge in [0.1, 0.15) is 5.82 Å². The van der Waals surface area contributed by atoms with Crippen molar-refractivity contribution in [3.05, 3.63) is 35.6 Å². The molecule has 2 N–H and O–H groups in total. The molecule has 0 spiro atoms. The molecule has 1 aromatic carbocycles. The molecule has 0 aliphatic rings. The maximum Gasteiger partial charge on any atom is 0.305 e. The van der Waals surface area contributed by atoms with Crippen molar-refractivity contribution in [2.45, 2.75) is 57.9 Å². The van der Waals surface area contributed by atoms with Crippen molar-refractivity contribution in [2.75, 3.05) is 0 Å². The van der Waals surface area contributed by atoms with Gasteiger partial charge in [0.2, 0.25) is 5.91 Å². The number of carboxylic acid groups (broad SMARTS) is 1. The van der Waals surface area contributed by atoms with Gasteiger partial charge in [0, 0.05) is 12.0 Å². The normalized spacial score (nSPS) is 12.7. The average molecular weight is 309 g/mol. The van der Waals surface area contributed by atoms with Crippen LogP contribution in [0.15, 0.2) is 24.3 Å². The third kappa shape index (κ3) is 5.13. The molecule has 1 aromatic rings. The lowest BCUT2D eigenvalue weighted by Gasteiger charge is -2.32. The van der Waals surface area contributed by atoms with Gasteiger partial charge in [-0.25, -0.2) is 4.39 Å². The number of nitrogens with one attached hydrogen (secondary N) is 1. The van der Waals surface area contributed by atoms with Gasteiger partial charge in [0.05, 0.1) is 6.42 Å². The van der Waals surface area contributed by atoms with E-state index in [1.54, 1.807) is 12.1 Å². The Morgan fingerprint density at radius 1 is 1.32 bits per heavy atom. The Hall–Kier alpha value is -1.91. The van der Waals surface area contributed by atoms with Crippen molar-refractivity contribution in [3.8, 4) is 0 Å². The van der Waals surface area contributed by atoms with Crippen LogP contribution in [0.1, 0.15) is 57.9 Å². The number of hydrogen-bond donors (Lipinski definition) is 2. The van der Waals surface area contributed by atoms with Crippen LogP contribution in [0.3, 0.4) is 0 Å². The van der Waals surface area contributed by atoms with Crippen LogP contribution in [0.4, 0.5) is 4.39 Å². The Morgan fingerprint density at radius 3 is 2.45 bits per heavy atom. The molecule has 0 fully saturated rings. The van der Waals surface area contributed by atoms with E-state index in [1.807, 2.05) is 20.8 Å². The number of halogens is 1. The summed E-state index contributed by atoms with van der Waals surface area (Å²) in [6.07, 6.45) is 1.21. The molecule has 22 heavy (non-hydrogen) atoms. The Bertz CT molecular complexity index is 526. The number of carboxylic acids is 1. The molecule has 5 heteroatoms. The minimum Gasteiger partial charge on any atom is -0.481 e. The smallest absolute Gasteiger partial charge is 0.305 e. The molecule has 1 atom stereocenters. The van der Waals surface area contributed by atoms with Gasteiger partial charge in [-0.2, -0.15) is 0 Å². The predicted molar refractivity (Wildman–Crippen MR) is 83.1 cm³/mol. The molecule has 0 saturated carbocycles. The zero-order chi connectivity index (χ0) is 16.8. The van der Waals surface area contributed by atoms with Gasteiger partial charge < -0.3 is 10.4 Å². The first-order valence-corrected chi connectivity index (χ1v) is 7.60. The fourth-order valence-electron chi connectivity index (χ4n) is 2.57. The standard InChI is InChI=1S/C17H24FNO3/c1-4-17(5-2,11-16(21)22)19-15(20)9-12(3)13-7-6-8-14(18)10-13/h6-8,10,12H,4-5,9,11H2,1-3H3,(H,19,20)(H,21,22). The van der Waals surface area contributed by atoms with Crippen molar-refractivity contribution < 1.29 is 19.1 Å². The molecular formula is C17H24FNO3. The highest BCUT2D eigenvalue weighted by molar-refractivity contribution is 5.79. The topological polar surface area (TPSA) is 66.4 Å². The number of carbonyl (C=O) groups is 2. The molecule has 0 bridgehead atoms. The fraction of sp³-hybridized carbons (Fsp3) is 0.529. The Balaban J connectivity index is 2.73. The van der Waals surface area contributed by atoms with E-state index in [4.69, 9.17) is 5.11 Å². The van der Waals surface area contributed by atoms with Gasteiger partial charge >= 0.3 is 5.97 Å². The molecule has 0 saturated heterocycles. The van der Waals surface area contributed by atoms with Gasteiger partial charge in [-0.1, -0.05) is 32.9 Å². The summed E-state index contributed by atoms with van der Waals surface area (Å²) < 4.78 is 13.2. The van der Waals surface area contributed by atoms with E-state index < -0.39 is 11.5 Å². The highest BCUT2D eigenvalue weighted by Crippen LogP contribution is 2.23. The molecule has 1 rings (SSSR count). The lowest BCUT2D eigenvalue weighted by molar-refractivity contribution is -0.139. The molecule has 0 heterocycles. The molecule has 4 nitrogen and oxygen atoms in total. The number of hydrogen-bond acceptors (Lipinski definition) is 2. The van der Waals surface area contributed by atoms with Crippen LogP contribution in [0.25, 0.3) is 0 Å². The second-order valence-corrected chi connectivity index (χ2v) is 5.77. The van der Waals surface area contributed by atoms with E-state index in [0.29, 0.717) is 12.8 Å². The fourth-order valence-corrected chi connectivity index (χ4v) is 2.57. The van der Waals surface area contributed by atoms with Crippen LogP contribution in [0.2, 0.25) is 0 Å². The van der Waals surface area contributed by atoms with Crippen molar-refractivity contribution in [1.82, 2.24) is 5.32 Å². The lowest BCUT2D eigenvalue weighted by Crippen LogP contribution is -2.49. The molecule has 1 unspecified atom stereocenters. The third-order valence-electron chi connectivity index (χ3n) is 4.16. The largest absolute Gasteiger partial charge is 0.481 e. The van der Waals surface area contributed by atoms with Crippen LogP contribution in [-0.2, 0) is 9.59 Å². The van der Waals surface area contributed by atoms with Crippen molar-refractivity contribution in [3.63, 3.8) is 0 Å². The number of aliphatic carboxylic acids is 1. The van der Waals surface area contributed by atoms with E-state index in [9.17, 15) is 14.0 Å². The summed E-state index contributed by atoms with van der Waals surface area (Å²) in [6.45, 7) is 5.58. The predicted octanol–water partition coefficient (Wildman–Crippen LogP) is 3.47. The molecule has 0 aromatic heterocycles. The second-order valence-electron chi connectivity index (χ2n) is 5.77. The summed E-state index contributed by atoms with van der Waals surface area (Å²) in [5, 5.41) is 11.9. The minimum absolute atomic E-state index is 0.0971. The zero-order valence-electron chi connectivity index (χ0n) is 13.4. The first-order chi connectivity index (χ1) is 10.3. The molecule has 0 aliphatic heterocycles. The molecule has 122 valence electrons. The summed E-state index contributed by atoms with van der Waals surface area (Å²) >= 11 is 0. The number of rotatable bonds is 8. The molecule has 0 radical (unpaired) electrons. The van der Waals surface area contributed by atoms with Crippen LogP contribution >= 0.6 is 0 Å². The monoisotopic (exact) mass is 309 g/mol. The number of amides is 1. The summed E-state index contributed by atoms with van der Waals surface area (Å²) in [5.41, 5.74) is 0.0388. The quantitative estimate of drug-likeness (QED) is 0.772. The van der Waals surface area contributed by atoms with Gasteiger partial charge in [-0.05, 0) is 36.5 Å². The van der Waals surface area contributed by atoms with E-state index in [-0.39, 0.29) is 30.5 Å². The van der Waals surface area contributed by atoms with Gasteiger partial charge in [-0.3, -0.25) is 9.59 Å². The van der Waals surface area contributed by atoms with Gasteiger partial charge in [-0.15, -0.1) is 0 Å². The van der Waals surface area contributed by atoms with Crippen LogP contribution in [0.5, 0.6) is 0 Å². The third-order valence-corrected chi connectivity index (χ3v) is 4.16. The van der Waals surface area contributed by atoms with E-state index in [0.717, 1.165) is 5.56 Å². The van der Waals surface area contributed by atoms with Gasteiger partial charge in [0.25, 0.3) is 0 Å². The first kappa shape index (κ1) is 18.1. The average Bonchev–Trinajstić information content (AvgIpc) is 2.45. The van der Waals surface area contributed by atoms with Gasteiger partial charge in [0.15, 0.2) is 0 Å². The lowest BCUT2D eigenvalue weighted by atomic mass is 9.88. The Labute approximate surface area is 130 Å². The summed E-state index contributed by atoms with van der Waals surface area (Å²) in [5.74, 6) is -1.59. The maximum atomic E-state index is 13.2. The SMILES string of the molecule is CCC(CC)(CC(=O)O)NC(=O)CC(C)c1cccc(F)c1. The maximum absolute atomic E-state index is 13.2. The second kappa shape index (κ2) is 7.92. The van der Waals surface area contributed by atoms with E-state index in [2.05, 4.69) is 5.32 Å². The number of carbonyl (C=O) groups excluding carboxylic acids is 1.